The Hall–Kier alpha value is -3.07. The highest BCUT2D eigenvalue weighted by Crippen LogP contribution is 2.44. The van der Waals surface area contributed by atoms with E-state index >= 15 is 0 Å². The molecule has 4 rings (SSSR count). The lowest BCUT2D eigenvalue weighted by atomic mass is 10.0. The van der Waals surface area contributed by atoms with Crippen LogP contribution in [-0.4, -0.2) is 11.1 Å². The van der Waals surface area contributed by atoms with Crippen molar-refractivity contribution < 1.29 is 14.6 Å². The van der Waals surface area contributed by atoms with E-state index in [2.05, 4.69) is 12.1 Å². The molecule has 0 fully saturated rings. The molecule has 1 N–H and O–H groups in total. The van der Waals surface area contributed by atoms with Gasteiger partial charge in [0.1, 0.15) is 17.1 Å². The molecule has 3 aromatic rings. The van der Waals surface area contributed by atoms with Crippen LogP contribution < -0.4 is 4.74 Å². The van der Waals surface area contributed by atoms with E-state index in [-0.39, 0.29) is 5.56 Å². The predicted octanol–water partition coefficient (Wildman–Crippen LogP) is 4.75. The Labute approximate surface area is 133 Å². The fraction of sp³-hybridized carbons (Fsp3) is 0.0500. The van der Waals surface area contributed by atoms with Crippen LogP contribution in [0.5, 0.6) is 11.5 Å². The van der Waals surface area contributed by atoms with E-state index in [1.807, 2.05) is 48.5 Å². The fourth-order valence-corrected chi connectivity index (χ4v) is 3.07. The Balaban J connectivity index is 1.88. The third kappa shape index (κ3) is 2.27. The van der Waals surface area contributed by atoms with Gasteiger partial charge in [-0.15, -0.1) is 0 Å². The summed E-state index contributed by atoms with van der Waals surface area (Å²) in [6, 6.07) is 20.9. The van der Waals surface area contributed by atoms with E-state index in [1.165, 1.54) is 5.56 Å². The Kier molecular flexibility index (Phi) is 3.12. The smallest absolute Gasteiger partial charge is 0.339 e. The van der Waals surface area contributed by atoms with Gasteiger partial charge in [-0.2, -0.15) is 0 Å². The van der Waals surface area contributed by atoms with Crippen LogP contribution in [0.2, 0.25) is 0 Å². The summed E-state index contributed by atoms with van der Waals surface area (Å²) in [7, 11) is 0. The highest BCUT2D eigenvalue weighted by Gasteiger charge is 2.26. The van der Waals surface area contributed by atoms with Gasteiger partial charge in [0.25, 0.3) is 0 Å². The molecule has 0 aromatic heterocycles. The van der Waals surface area contributed by atoms with Crippen molar-refractivity contribution in [3.63, 3.8) is 0 Å². The first-order valence-electron chi connectivity index (χ1n) is 7.44. The second kappa shape index (κ2) is 5.29. The summed E-state index contributed by atoms with van der Waals surface area (Å²) in [6.45, 7) is 0. The van der Waals surface area contributed by atoms with Gasteiger partial charge < -0.3 is 9.84 Å². The quantitative estimate of drug-likeness (QED) is 0.594. The van der Waals surface area contributed by atoms with Crippen molar-refractivity contribution in [3.8, 4) is 22.6 Å². The number of benzene rings is 3. The van der Waals surface area contributed by atoms with Gasteiger partial charge in [0, 0.05) is 12.0 Å². The molecule has 0 bridgehead atoms. The van der Waals surface area contributed by atoms with Crippen LogP contribution in [0.15, 0.2) is 66.7 Å². The third-order valence-corrected chi connectivity index (χ3v) is 4.13. The van der Waals surface area contributed by atoms with E-state index in [4.69, 9.17) is 4.74 Å². The van der Waals surface area contributed by atoms with E-state index in [0.717, 1.165) is 16.7 Å². The zero-order valence-corrected chi connectivity index (χ0v) is 12.3. The Bertz CT molecular complexity index is 898. The molecule has 3 aromatic carbocycles. The topological polar surface area (TPSA) is 46.5 Å². The minimum absolute atomic E-state index is 0.195. The first kappa shape index (κ1) is 13.6. The molecule has 0 saturated heterocycles. The molecular formula is C20H14O3. The summed E-state index contributed by atoms with van der Waals surface area (Å²) in [5.74, 6) is 0.103. The van der Waals surface area contributed by atoms with Gasteiger partial charge in [0.15, 0.2) is 0 Å². The molecule has 3 heteroatoms. The fourth-order valence-electron chi connectivity index (χ4n) is 3.07. The summed E-state index contributed by atoms with van der Waals surface area (Å²) in [5.41, 5.74) is 4.53. The van der Waals surface area contributed by atoms with Crippen LogP contribution in [0.25, 0.3) is 11.1 Å². The molecule has 0 unspecified atom stereocenters. The number of fused-ring (bicyclic) bond motifs is 3. The van der Waals surface area contributed by atoms with E-state index in [0.29, 0.717) is 17.9 Å². The Morgan fingerprint density at radius 2 is 1.61 bits per heavy atom. The monoisotopic (exact) mass is 302 g/mol. The van der Waals surface area contributed by atoms with Crippen molar-refractivity contribution >= 4 is 5.97 Å². The standard InChI is InChI=1S/C20H14O3/c21-20(22)17-11-10-16-15-9-5-4-6-13(15)12-18(16)19(17)23-14-7-2-1-3-8-14/h1-11H,12H2,(H,21,22). The van der Waals surface area contributed by atoms with Crippen LogP contribution in [-0.2, 0) is 6.42 Å². The number of ether oxygens (including phenoxy) is 1. The highest BCUT2D eigenvalue weighted by molar-refractivity contribution is 5.94. The Morgan fingerprint density at radius 3 is 2.39 bits per heavy atom. The first-order chi connectivity index (χ1) is 11.2. The normalized spacial score (nSPS) is 11.7. The number of carbonyl (C=O) groups is 1. The number of para-hydroxylation sites is 1. The maximum Gasteiger partial charge on any atom is 0.339 e. The second-order valence-corrected chi connectivity index (χ2v) is 5.52. The zero-order chi connectivity index (χ0) is 15.8. The number of carboxylic acids is 1. The summed E-state index contributed by atoms with van der Waals surface area (Å²) in [5, 5.41) is 9.51. The minimum Gasteiger partial charge on any atom is -0.478 e. The van der Waals surface area contributed by atoms with Crippen molar-refractivity contribution in [2.24, 2.45) is 0 Å². The van der Waals surface area contributed by atoms with Crippen molar-refractivity contribution in [3.05, 3.63) is 83.4 Å². The van der Waals surface area contributed by atoms with Gasteiger partial charge in [-0.1, -0.05) is 48.5 Å². The van der Waals surface area contributed by atoms with Crippen LogP contribution in [0, 0.1) is 0 Å². The molecule has 23 heavy (non-hydrogen) atoms. The van der Waals surface area contributed by atoms with Crippen molar-refractivity contribution in [1.82, 2.24) is 0 Å². The van der Waals surface area contributed by atoms with Gasteiger partial charge in [0.2, 0.25) is 0 Å². The lowest BCUT2D eigenvalue weighted by Gasteiger charge is -2.13. The van der Waals surface area contributed by atoms with E-state index in [1.54, 1.807) is 6.07 Å². The number of hydrogen-bond acceptors (Lipinski definition) is 2. The zero-order valence-electron chi connectivity index (χ0n) is 12.3. The second-order valence-electron chi connectivity index (χ2n) is 5.52. The lowest BCUT2D eigenvalue weighted by Crippen LogP contribution is -2.03. The first-order valence-corrected chi connectivity index (χ1v) is 7.44. The molecule has 1 aliphatic carbocycles. The van der Waals surface area contributed by atoms with Crippen LogP contribution in [0.1, 0.15) is 21.5 Å². The van der Waals surface area contributed by atoms with Gasteiger partial charge in [-0.25, -0.2) is 4.79 Å². The van der Waals surface area contributed by atoms with E-state index in [9.17, 15) is 9.90 Å². The molecule has 0 amide bonds. The van der Waals surface area contributed by atoms with E-state index < -0.39 is 5.97 Å². The average molecular weight is 302 g/mol. The summed E-state index contributed by atoms with van der Waals surface area (Å²) >= 11 is 0. The SMILES string of the molecule is O=C(O)c1ccc2c(c1Oc1ccccc1)Cc1ccccc1-2. The molecule has 0 radical (unpaired) electrons. The minimum atomic E-state index is -0.977. The molecule has 1 aliphatic rings. The summed E-state index contributed by atoms with van der Waals surface area (Å²) in [6.07, 6.45) is 0.689. The maximum atomic E-state index is 11.6. The summed E-state index contributed by atoms with van der Waals surface area (Å²) < 4.78 is 5.96. The van der Waals surface area contributed by atoms with Gasteiger partial charge in [-0.05, 0) is 34.9 Å². The van der Waals surface area contributed by atoms with Crippen molar-refractivity contribution in [1.29, 1.82) is 0 Å². The molecule has 0 atom stereocenters. The Morgan fingerprint density at radius 1 is 0.870 bits per heavy atom. The lowest BCUT2D eigenvalue weighted by molar-refractivity contribution is 0.0694. The maximum absolute atomic E-state index is 11.6. The van der Waals surface area contributed by atoms with Crippen LogP contribution >= 0.6 is 0 Å². The number of rotatable bonds is 3. The molecule has 3 nitrogen and oxygen atoms in total. The molecule has 112 valence electrons. The molecule has 0 spiro atoms. The van der Waals surface area contributed by atoms with Gasteiger partial charge in [-0.3, -0.25) is 0 Å². The van der Waals surface area contributed by atoms with Crippen LogP contribution in [0.3, 0.4) is 0 Å². The highest BCUT2D eigenvalue weighted by atomic mass is 16.5. The third-order valence-electron chi connectivity index (χ3n) is 4.13. The van der Waals surface area contributed by atoms with Crippen molar-refractivity contribution in [2.75, 3.05) is 0 Å². The van der Waals surface area contributed by atoms with Gasteiger partial charge in [0.05, 0.1) is 0 Å². The van der Waals surface area contributed by atoms with Gasteiger partial charge >= 0.3 is 5.97 Å². The number of carboxylic acid groups (broad SMARTS) is 1. The number of aromatic carboxylic acids is 1. The van der Waals surface area contributed by atoms with Crippen molar-refractivity contribution in [2.45, 2.75) is 6.42 Å². The molecule has 0 aliphatic heterocycles. The largest absolute Gasteiger partial charge is 0.478 e. The molecule has 0 heterocycles. The van der Waals surface area contributed by atoms with Crippen LogP contribution in [0.4, 0.5) is 0 Å². The summed E-state index contributed by atoms with van der Waals surface area (Å²) in [4.78, 5) is 11.6. The number of hydrogen-bond donors (Lipinski definition) is 1. The predicted molar refractivity (Wildman–Crippen MR) is 88.2 cm³/mol. The average Bonchev–Trinajstić information content (AvgIpc) is 2.95. The molecule has 0 saturated carbocycles. The molecular weight excluding hydrogens is 288 g/mol.